The van der Waals surface area contributed by atoms with Gasteiger partial charge in [-0.1, -0.05) is 0 Å². The van der Waals surface area contributed by atoms with Crippen LogP contribution in [0.4, 0.5) is 11.6 Å². The van der Waals surface area contributed by atoms with E-state index in [9.17, 15) is 4.79 Å². The van der Waals surface area contributed by atoms with Gasteiger partial charge in [0.15, 0.2) is 11.3 Å². The van der Waals surface area contributed by atoms with Gasteiger partial charge in [-0.15, -0.1) is 0 Å². The molecule has 5 heterocycles. The highest BCUT2D eigenvalue weighted by Crippen LogP contribution is 2.24. The maximum Gasteiger partial charge on any atom is 0.330 e. The van der Waals surface area contributed by atoms with Crippen LogP contribution in [0.25, 0.3) is 16.8 Å². The molecule has 0 bridgehead atoms. The number of hydrogen-bond acceptors (Lipinski definition) is 7. The first-order valence-electron chi connectivity index (χ1n) is 9.20. The summed E-state index contributed by atoms with van der Waals surface area (Å²) in [4.78, 5) is 26.0. The summed E-state index contributed by atoms with van der Waals surface area (Å²) in [6, 6.07) is 1.92. The number of anilines is 2. The van der Waals surface area contributed by atoms with Crippen molar-refractivity contribution in [1.29, 1.82) is 0 Å². The lowest BCUT2D eigenvalue weighted by Gasteiger charge is -2.22. The minimum atomic E-state index is -0.0998. The van der Waals surface area contributed by atoms with E-state index in [1.165, 1.54) is 6.33 Å². The number of rotatable bonds is 3. The zero-order chi connectivity index (χ0) is 19.3. The molecule has 1 fully saturated rings. The first-order chi connectivity index (χ1) is 13.6. The number of imidazole rings is 1. The van der Waals surface area contributed by atoms with Crippen LogP contribution in [0.5, 0.6) is 0 Å². The standard InChI is InChI=1S/C18H20N8O2.H2/c1-11-6-15-20-10-21-25(15)8-13(11)22-17-19-7-14-16(23-17)26(18(27)24(14)2)12-4-3-5-28-9-12;/h6-8,10,12H,3-5,9H2,1-2H3,(H,19,22,23);1H/t12-;/m0./s1. The average molecular weight is 382 g/mol. The Morgan fingerprint density at radius 2 is 2.25 bits per heavy atom. The van der Waals surface area contributed by atoms with E-state index >= 15 is 0 Å². The number of aromatic nitrogens is 7. The third-order valence-corrected chi connectivity index (χ3v) is 5.20. The number of pyridine rings is 1. The van der Waals surface area contributed by atoms with E-state index in [4.69, 9.17) is 4.74 Å². The van der Waals surface area contributed by atoms with E-state index in [1.54, 1.807) is 26.9 Å². The molecule has 0 amide bonds. The molecule has 0 aliphatic carbocycles. The lowest BCUT2D eigenvalue weighted by Crippen LogP contribution is -2.31. The molecule has 1 saturated heterocycles. The highest BCUT2D eigenvalue weighted by atomic mass is 16.5. The molecule has 0 aromatic carbocycles. The van der Waals surface area contributed by atoms with Gasteiger partial charge in [-0.05, 0) is 31.4 Å². The van der Waals surface area contributed by atoms with Crippen molar-refractivity contribution >= 4 is 28.4 Å². The molecular formula is C18H22N8O2. The summed E-state index contributed by atoms with van der Waals surface area (Å²) in [5, 5.41) is 7.40. The topological polar surface area (TPSA) is 104 Å². The van der Waals surface area contributed by atoms with Crippen molar-refractivity contribution in [3.63, 3.8) is 0 Å². The molecule has 0 saturated carbocycles. The van der Waals surface area contributed by atoms with Crippen molar-refractivity contribution in [2.75, 3.05) is 18.5 Å². The second-order valence-electron chi connectivity index (χ2n) is 7.04. The molecular weight excluding hydrogens is 360 g/mol. The second kappa shape index (κ2) is 6.41. The van der Waals surface area contributed by atoms with Crippen LogP contribution >= 0.6 is 0 Å². The summed E-state index contributed by atoms with van der Waals surface area (Å²) >= 11 is 0. The van der Waals surface area contributed by atoms with Crippen LogP contribution in [-0.4, -0.2) is 46.9 Å². The SMILES string of the molecule is Cc1cc2ncnn2cc1Nc1ncc2c(n1)n([C@H]1CCCOC1)c(=O)n2C.[HH]. The van der Waals surface area contributed by atoms with Gasteiger partial charge in [0, 0.05) is 15.1 Å². The minimum Gasteiger partial charge on any atom is -0.379 e. The Morgan fingerprint density at radius 1 is 1.36 bits per heavy atom. The molecule has 4 aromatic heterocycles. The van der Waals surface area contributed by atoms with Crippen LogP contribution in [-0.2, 0) is 11.8 Å². The predicted molar refractivity (Wildman–Crippen MR) is 105 cm³/mol. The maximum absolute atomic E-state index is 12.8. The molecule has 1 atom stereocenters. The summed E-state index contributed by atoms with van der Waals surface area (Å²) in [5.74, 6) is 0.422. The van der Waals surface area contributed by atoms with Crippen LogP contribution < -0.4 is 11.0 Å². The van der Waals surface area contributed by atoms with Crippen molar-refractivity contribution < 1.29 is 6.16 Å². The molecule has 0 unspecified atom stereocenters. The number of nitrogens with one attached hydrogen (secondary N) is 1. The molecule has 146 valence electrons. The van der Waals surface area contributed by atoms with Crippen LogP contribution in [0.15, 0.2) is 29.6 Å². The Morgan fingerprint density at radius 3 is 3.07 bits per heavy atom. The van der Waals surface area contributed by atoms with Crippen molar-refractivity contribution in [3.8, 4) is 0 Å². The molecule has 28 heavy (non-hydrogen) atoms. The number of ether oxygens (including phenoxy) is 1. The third-order valence-electron chi connectivity index (χ3n) is 5.20. The first kappa shape index (κ1) is 16.9. The summed E-state index contributed by atoms with van der Waals surface area (Å²) in [7, 11) is 1.74. The second-order valence-corrected chi connectivity index (χ2v) is 7.04. The van der Waals surface area contributed by atoms with Gasteiger partial charge in [-0.2, -0.15) is 10.1 Å². The van der Waals surface area contributed by atoms with Crippen LogP contribution in [0.3, 0.4) is 0 Å². The van der Waals surface area contributed by atoms with Gasteiger partial charge in [0.25, 0.3) is 0 Å². The van der Waals surface area contributed by atoms with Gasteiger partial charge in [-0.3, -0.25) is 9.13 Å². The normalized spacial score (nSPS) is 17.4. The summed E-state index contributed by atoms with van der Waals surface area (Å²) in [6.45, 7) is 3.24. The van der Waals surface area contributed by atoms with Gasteiger partial charge in [0.05, 0.1) is 30.7 Å². The third kappa shape index (κ3) is 2.64. The predicted octanol–water partition coefficient (Wildman–Crippen LogP) is 1.82. The summed E-state index contributed by atoms with van der Waals surface area (Å²) in [5.41, 5.74) is 3.80. The number of nitrogens with zero attached hydrogens (tertiary/aromatic N) is 7. The van der Waals surface area contributed by atoms with Gasteiger partial charge in [0.1, 0.15) is 11.8 Å². The highest BCUT2D eigenvalue weighted by molar-refractivity contribution is 5.73. The Kier molecular flexibility index (Phi) is 3.86. The van der Waals surface area contributed by atoms with Crippen molar-refractivity contribution in [2.24, 2.45) is 7.05 Å². The van der Waals surface area contributed by atoms with Crippen LogP contribution in [0.1, 0.15) is 25.9 Å². The fourth-order valence-corrected chi connectivity index (χ4v) is 3.66. The van der Waals surface area contributed by atoms with Gasteiger partial charge < -0.3 is 10.1 Å². The molecule has 10 heteroatoms. The van der Waals surface area contributed by atoms with E-state index in [-0.39, 0.29) is 13.2 Å². The average Bonchev–Trinajstić information content (AvgIpc) is 3.25. The van der Waals surface area contributed by atoms with Crippen LogP contribution in [0, 0.1) is 6.92 Å². The Hall–Kier alpha value is -3.27. The summed E-state index contributed by atoms with van der Waals surface area (Å²) in [6.07, 6.45) is 6.86. The lowest BCUT2D eigenvalue weighted by atomic mass is 10.1. The number of aryl methyl sites for hydroxylation is 2. The van der Waals surface area contributed by atoms with Gasteiger partial charge in [0.2, 0.25) is 5.95 Å². The zero-order valence-corrected chi connectivity index (χ0v) is 15.7. The fourth-order valence-electron chi connectivity index (χ4n) is 3.66. The monoisotopic (exact) mass is 382 g/mol. The zero-order valence-electron chi connectivity index (χ0n) is 15.7. The maximum atomic E-state index is 12.8. The Bertz CT molecular complexity index is 1240. The van der Waals surface area contributed by atoms with Crippen molar-refractivity contribution in [3.05, 3.63) is 40.8 Å². The van der Waals surface area contributed by atoms with E-state index < -0.39 is 0 Å². The van der Waals surface area contributed by atoms with Crippen LogP contribution in [0.2, 0.25) is 0 Å². The molecule has 1 aliphatic heterocycles. The number of hydrogen-bond donors (Lipinski definition) is 1. The molecule has 5 rings (SSSR count). The van der Waals surface area contributed by atoms with Gasteiger partial charge >= 0.3 is 5.69 Å². The Labute approximate surface area is 161 Å². The highest BCUT2D eigenvalue weighted by Gasteiger charge is 2.23. The lowest BCUT2D eigenvalue weighted by molar-refractivity contribution is 0.0591. The largest absolute Gasteiger partial charge is 0.379 e. The number of fused-ring (bicyclic) bond motifs is 2. The quantitative estimate of drug-likeness (QED) is 0.576. The molecule has 1 N–H and O–H groups in total. The fraction of sp³-hybridized carbons (Fsp3) is 0.389. The molecule has 1 aliphatic rings. The van der Waals surface area contributed by atoms with E-state index in [0.29, 0.717) is 23.7 Å². The molecule has 10 nitrogen and oxygen atoms in total. The van der Waals surface area contributed by atoms with E-state index in [1.807, 2.05) is 19.2 Å². The molecule has 0 spiro atoms. The minimum absolute atomic E-state index is 0. The Balaban J connectivity index is 0.00000205. The first-order valence-corrected chi connectivity index (χ1v) is 9.20. The van der Waals surface area contributed by atoms with Crippen molar-refractivity contribution in [2.45, 2.75) is 25.8 Å². The smallest absolute Gasteiger partial charge is 0.330 e. The van der Waals surface area contributed by atoms with E-state index in [0.717, 1.165) is 36.3 Å². The van der Waals surface area contributed by atoms with Crippen molar-refractivity contribution in [1.82, 2.24) is 33.7 Å². The van der Waals surface area contributed by atoms with Gasteiger partial charge in [-0.25, -0.2) is 19.3 Å². The summed E-state index contributed by atoms with van der Waals surface area (Å²) < 4.78 is 10.6. The van der Waals surface area contributed by atoms with E-state index in [2.05, 4.69) is 25.4 Å². The molecule has 4 aromatic rings. The molecule has 0 radical (unpaired) electrons.